The van der Waals surface area contributed by atoms with Crippen molar-refractivity contribution in [2.75, 3.05) is 18.1 Å². The van der Waals surface area contributed by atoms with Crippen molar-refractivity contribution in [1.29, 1.82) is 5.26 Å². The first-order valence-corrected chi connectivity index (χ1v) is 7.50. The van der Waals surface area contributed by atoms with Gasteiger partial charge in [-0.3, -0.25) is 4.79 Å². The summed E-state index contributed by atoms with van der Waals surface area (Å²) in [6, 6.07) is 13.8. The lowest BCUT2D eigenvalue weighted by Gasteiger charge is -2.21. The highest BCUT2D eigenvalue weighted by Crippen LogP contribution is 2.14. The van der Waals surface area contributed by atoms with Gasteiger partial charge >= 0.3 is 5.97 Å². The third-order valence-electron chi connectivity index (χ3n) is 3.11. The monoisotopic (exact) mass is 343 g/mol. The van der Waals surface area contributed by atoms with Crippen LogP contribution in [0.15, 0.2) is 48.7 Å². The molecule has 0 bridgehead atoms. The maximum atomic E-state index is 12.3. The minimum absolute atomic E-state index is 0.176. The van der Waals surface area contributed by atoms with E-state index in [9.17, 15) is 9.59 Å². The molecule has 0 N–H and O–H groups in total. The van der Waals surface area contributed by atoms with E-state index in [0.29, 0.717) is 5.69 Å². The summed E-state index contributed by atoms with van der Waals surface area (Å²) in [7, 11) is 0. The van der Waals surface area contributed by atoms with E-state index in [0.717, 1.165) is 0 Å². The number of nitriles is 1. The molecule has 6 nitrogen and oxygen atoms in total. The second-order valence-electron chi connectivity index (χ2n) is 4.73. The van der Waals surface area contributed by atoms with E-state index in [4.69, 9.17) is 21.6 Å². The van der Waals surface area contributed by atoms with E-state index in [1.807, 2.05) is 12.1 Å². The normalized spacial score (nSPS) is 9.83. The Kier molecular flexibility index (Phi) is 6.29. The Balaban J connectivity index is 2.01. The van der Waals surface area contributed by atoms with Gasteiger partial charge in [0.15, 0.2) is 6.61 Å². The number of carbonyl (C=O) groups is 2. The van der Waals surface area contributed by atoms with Crippen LogP contribution in [0.25, 0.3) is 0 Å². The van der Waals surface area contributed by atoms with E-state index >= 15 is 0 Å². The fourth-order valence-corrected chi connectivity index (χ4v) is 2.06. The van der Waals surface area contributed by atoms with Crippen molar-refractivity contribution in [3.05, 3.63) is 59.4 Å². The Labute approximate surface area is 144 Å². The van der Waals surface area contributed by atoms with Crippen molar-refractivity contribution in [2.24, 2.45) is 0 Å². The van der Waals surface area contributed by atoms with Crippen molar-refractivity contribution >= 4 is 29.2 Å². The second-order valence-corrected chi connectivity index (χ2v) is 5.12. The van der Waals surface area contributed by atoms with Gasteiger partial charge in [0, 0.05) is 18.4 Å². The second kappa shape index (κ2) is 8.65. The first-order chi connectivity index (χ1) is 11.6. The largest absolute Gasteiger partial charge is 0.452 e. The predicted octanol–water partition coefficient (Wildman–Crippen LogP) is 2.84. The zero-order valence-corrected chi connectivity index (χ0v) is 13.4. The number of nitrogens with zero attached hydrogens (tertiary/aromatic N) is 3. The number of ether oxygens (including phenoxy) is 1. The summed E-state index contributed by atoms with van der Waals surface area (Å²) in [5, 5.41) is 9.00. The van der Waals surface area contributed by atoms with E-state index in [1.165, 1.54) is 23.2 Å². The number of amides is 1. The van der Waals surface area contributed by atoms with Crippen LogP contribution in [-0.2, 0) is 9.53 Å². The van der Waals surface area contributed by atoms with Crippen molar-refractivity contribution in [3.63, 3.8) is 0 Å². The molecule has 2 aromatic rings. The van der Waals surface area contributed by atoms with Crippen LogP contribution in [0.5, 0.6) is 0 Å². The van der Waals surface area contributed by atoms with E-state index in [2.05, 4.69) is 4.98 Å². The third-order valence-corrected chi connectivity index (χ3v) is 3.33. The highest BCUT2D eigenvalue weighted by Gasteiger charge is 2.18. The van der Waals surface area contributed by atoms with Crippen LogP contribution < -0.4 is 4.90 Å². The van der Waals surface area contributed by atoms with Gasteiger partial charge in [0.05, 0.1) is 18.1 Å². The smallest absolute Gasteiger partial charge is 0.340 e. The van der Waals surface area contributed by atoms with Crippen molar-refractivity contribution in [2.45, 2.75) is 6.42 Å². The van der Waals surface area contributed by atoms with Gasteiger partial charge in [0.25, 0.3) is 5.91 Å². The number of halogens is 1. The summed E-state index contributed by atoms with van der Waals surface area (Å²) in [6.45, 7) is -0.207. The molecular weight excluding hydrogens is 330 g/mol. The number of para-hydroxylation sites is 1. The van der Waals surface area contributed by atoms with Crippen LogP contribution in [0, 0.1) is 11.3 Å². The Morgan fingerprint density at radius 1 is 1.21 bits per heavy atom. The van der Waals surface area contributed by atoms with Crippen LogP contribution in [0.1, 0.15) is 16.8 Å². The van der Waals surface area contributed by atoms with E-state index in [-0.39, 0.29) is 23.7 Å². The molecule has 0 fully saturated rings. The summed E-state index contributed by atoms with van der Waals surface area (Å²) in [4.78, 5) is 29.4. The zero-order valence-electron chi connectivity index (χ0n) is 12.7. The van der Waals surface area contributed by atoms with Crippen LogP contribution >= 0.6 is 11.6 Å². The maximum absolute atomic E-state index is 12.3. The highest BCUT2D eigenvalue weighted by molar-refractivity contribution is 6.29. The Hall–Kier alpha value is -2.91. The number of benzene rings is 1. The summed E-state index contributed by atoms with van der Waals surface area (Å²) in [5.41, 5.74) is 0.845. The molecule has 24 heavy (non-hydrogen) atoms. The summed E-state index contributed by atoms with van der Waals surface area (Å²) < 4.78 is 5.02. The molecule has 122 valence electrons. The molecule has 0 atom stereocenters. The molecular formula is C17H14ClN3O3. The number of carbonyl (C=O) groups excluding carboxylic acids is 2. The maximum Gasteiger partial charge on any atom is 0.340 e. The summed E-state index contributed by atoms with van der Waals surface area (Å²) >= 11 is 5.65. The highest BCUT2D eigenvalue weighted by atomic mass is 35.5. The number of anilines is 1. The number of pyridine rings is 1. The molecule has 0 spiro atoms. The molecule has 1 aromatic carbocycles. The molecule has 0 unspecified atom stereocenters. The summed E-state index contributed by atoms with van der Waals surface area (Å²) in [6.07, 6.45) is 1.45. The first kappa shape index (κ1) is 17.4. The molecule has 0 aliphatic heterocycles. The number of esters is 1. The molecule has 0 saturated heterocycles. The van der Waals surface area contributed by atoms with Crippen LogP contribution in [-0.4, -0.2) is 30.0 Å². The molecule has 1 heterocycles. The molecule has 2 rings (SSSR count). The van der Waals surface area contributed by atoms with Gasteiger partial charge in [-0.2, -0.15) is 5.26 Å². The van der Waals surface area contributed by atoms with Gasteiger partial charge in [-0.1, -0.05) is 29.8 Å². The van der Waals surface area contributed by atoms with Gasteiger partial charge in [-0.25, -0.2) is 9.78 Å². The van der Waals surface area contributed by atoms with Crippen LogP contribution in [0.3, 0.4) is 0 Å². The van der Waals surface area contributed by atoms with Gasteiger partial charge < -0.3 is 9.64 Å². The Morgan fingerprint density at radius 2 is 1.96 bits per heavy atom. The van der Waals surface area contributed by atoms with Crippen molar-refractivity contribution < 1.29 is 14.3 Å². The quantitative estimate of drug-likeness (QED) is 0.595. The van der Waals surface area contributed by atoms with Crippen molar-refractivity contribution in [1.82, 2.24) is 4.98 Å². The average molecular weight is 344 g/mol. The Morgan fingerprint density at radius 3 is 2.58 bits per heavy atom. The van der Waals surface area contributed by atoms with Gasteiger partial charge in [0.2, 0.25) is 0 Å². The van der Waals surface area contributed by atoms with Gasteiger partial charge in [-0.05, 0) is 24.3 Å². The number of aromatic nitrogens is 1. The third kappa shape index (κ3) is 4.80. The van der Waals surface area contributed by atoms with Crippen molar-refractivity contribution in [3.8, 4) is 6.07 Å². The average Bonchev–Trinajstić information content (AvgIpc) is 2.61. The molecule has 0 aliphatic rings. The lowest BCUT2D eigenvalue weighted by atomic mass is 10.2. The number of hydrogen-bond donors (Lipinski definition) is 0. The fourth-order valence-electron chi connectivity index (χ4n) is 1.95. The SMILES string of the molecule is N#CCCN(C(=O)COC(=O)c1ccc(Cl)nc1)c1ccccc1. The molecule has 7 heteroatoms. The van der Waals surface area contributed by atoms with Gasteiger partial charge in [0.1, 0.15) is 5.15 Å². The Bertz CT molecular complexity index is 742. The van der Waals surface area contributed by atoms with Gasteiger partial charge in [-0.15, -0.1) is 0 Å². The minimum Gasteiger partial charge on any atom is -0.452 e. The minimum atomic E-state index is -0.666. The number of rotatable bonds is 6. The molecule has 0 aliphatic carbocycles. The summed E-state index contributed by atoms with van der Waals surface area (Å²) in [5.74, 6) is -1.08. The van der Waals surface area contributed by atoms with Crippen LogP contribution in [0.4, 0.5) is 5.69 Å². The van der Waals surface area contributed by atoms with E-state index < -0.39 is 18.5 Å². The first-order valence-electron chi connectivity index (χ1n) is 7.13. The molecule has 0 saturated carbocycles. The zero-order chi connectivity index (χ0) is 17.4. The fraction of sp³-hybridized carbons (Fsp3) is 0.176. The lowest BCUT2D eigenvalue weighted by Crippen LogP contribution is -2.35. The lowest BCUT2D eigenvalue weighted by molar-refractivity contribution is -0.121. The standard InChI is InChI=1S/C17H14ClN3O3/c18-15-8-7-13(11-20-15)17(23)24-12-16(22)21(10-4-9-19)14-5-2-1-3-6-14/h1-3,5-8,11H,4,10,12H2. The topological polar surface area (TPSA) is 83.3 Å². The predicted molar refractivity (Wildman–Crippen MR) is 88.6 cm³/mol. The van der Waals surface area contributed by atoms with E-state index in [1.54, 1.807) is 24.3 Å². The van der Waals surface area contributed by atoms with Crippen LogP contribution in [0.2, 0.25) is 5.15 Å². The number of hydrogen-bond acceptors (Lipinski definition) is 5. The molecule has 1 aromatic heterocycles. The molecule has 1 amide bonds. The molecule has 0 radical (unpaired) electrons.